The van der Waals surface area contributed by atoms with Gasteiger partial charge >= 0.3 is 5.97 Å². The molecule has 0 saturated heterocycles. The Bertz CT molecular complexity index is 197. The first-order chi connectivity index (χ1) is 6.52. The normalized spacial score (nSPS) is 23.0. The van der Waals surface area contributed by atoms with Gasteiger partial charge in [-0.2, -0.15) is 0 Å². The van der Waals surface area contributed by atoms with Crippen molar-refractivity contribution < 1.29 is 9.90 Å². The van der Waals surface area contributed by atoms with E-state index in [0.717, 1.165) is 6.42 Å². The summed E-state index contributed by atoms with van der Waals surface area (Å²) < 4.78 is 0. The number of hydrogen-bond donors (Lipinski definition) is 2. The van der Waals surface area contributed by atoms with Crippen molar-refractivity contribution in [3.05, 3.63) is 0 Å². The Morgan fingerprint density at radius 1 is 1.43 bits per heavy atom. The van der Waals surface area contributed by atoms with Crippen LogP contribution >= 0.6 is 0 Å². The Morgan fingerprint density at radius 3 is 2.50 bits per heavy atom. The highest BCUT2D eigenvalue weighted by atomic mass is 16.4. The van der Waals surface area contributed by atoms with Crippen molar-refractivity contribution in [1.29, 1.82) is 0 Å². The smallest absolute Gasteiger partial charge is 0.304 e. The number of carbonyl (C=O) groups is 1. The van der Waals surface area contributed by atoms with Crippen molar-refractivity contribution in [2.45, 2.75) is 57.9 Å². The zero-order valence-corrected chi connectivity index (χ0v) is 8.96. The number of hydrogen-bond acceptors (Lipinski definition) is 2. The SMILES string of the molecule is CC1(CC(N)CC(=O)O)CCCCC1. The van der Waals surface area contributed by atoms with Gasteiger partial charge in [-0.15, -0.1) is 0 Å². The second-order valence-corrected chi connectivity index (χ2v) is 4.93. The molecule has 0 amide bonds. The van der Waals surface area contributed by atoms with E-state index in [1.54, 1.807) is 0 Å². The lowest BCUT2D eigenvalue weighted by Gasteiger charge is -2.35. The Labute approximate surface area is 85.7 Å². The van der Waals surface area contributed by atoms with Crippen LogP contribution in [0.5, 0.6) is 0 Å². The molecule has 1 rings (SSSR count). The van der Waals surface area contributed by atoms with Gasteiger partial charge in [0.25, 0.3) is 0 Å². The molecule has 0 bridgehead atoms. The van der Waals surface area contributed by atoms with Gasteiger partial charge in [-0.3, -0.25) is 4.79 Å². The predicted octanol–water partition coefficient (Wildman–Crippen LogP) is 2.15. The highest BCUT2D eigenvalue weighted by Crippen LogP contribution is 2.39. The first-order valence-corrected chi connectivity index (χ1v) is 5.49. The van der Waals surface area contributed by atoms with Crippen molar-refractivity contribution in [2.75, 3.05) is 0 Å². The molecule has 3 heteroatoms. The van der Waals surface area contributed by atoms with Crippen molar-refractivity contribution in [1.82, 2.24) is 0 Å². The largest absolute Gasteiger partial charge is 0.481 e. The lowest BCUT2D eigenvalue weighted by atomic mass is 9.71. The van der Waals surface area contributed by atoms with E-state index in [2.05, 4.69) is 6.92 Å². The molecule has 82 valence electrons. The first-order valence-electron chi connectivity index (χ1n) is 5.49. The summed E-state index contributed by atoms with van der Waals surface area (Å²) >= 11 is 0. The molecule has 0 aromatic rings. The highest BCUT2D eigenvalue weighted by Gasteiger charge is 2.29. The fraction of sp³-hybridized carbons (Fsp3) is 0.909. The molecule has 1 atom stereocenters. The summed E-state index contributed by atoms with van der Waals surface area (Å²) in [4.78, 5) is 10.5. The predicted molar refractivity (Wildman–Crippen MR) is 56.0 cm³/mol. The minimum absolute atomic E-state index is 0.107. The Kier molecular flexibility index (Phi) is 3.93. The molecular formula is C11H21NO2. The quantitative estimate of drug-likeness (QED) is 0.729. The number of nitrogens with two attached hydrogens (primary N) is 1. The van der Waals surface area contributed by atoms with E-state index in [4.69, 9.17) is 10.8 Å². The van der Waals surface area contributed by atoms with Crippen LogP contribution in [-0.2, 0) is 4.79 Å². The van der Waals surface area contributed by atoms with Gasteiger partial charge in [0.2, 0.25) is 0 Å². The zero-order chi connectivity index (χ0) is 10.6. The summed E-state index contributed by atoms with van der Waals surface area (Å²) in [6.07, 6.45) is 7.26. The average molecular weight is 199 g/mol. The van der Waals surface area contributed by atoms with E-state index in [-0.39, 0.29) is 12.5 Å². The molecule has 0 radical (unpaired) electrons. The standard InChI is InChI=1S/C11H21NO2/c1-11(5-3-2-4-6-11)8-9(12)7-10(13)14/h9H,2-8,12H2,1H3,(H,13,14). The molecule has 0 aromatic carbocycles. The van der Waals surface area contributed by atoms with E-state index in [1.807, 2.05) is 0 Å². The van der Waals surface area contributed by atoms with Crippen LogP contribution < -0.4 is 5.73 Å². The average Bonchev–Trinajstić information content (AvgIpc) is 2.02. The molecule has 3 nitrogen and oxygen atoms in total. The van der Waals surface area contributed by atoms with Crippen LogP contribution in [0.2, 0.25) is 0 Å². The molecule has 1 fully saturated rings. The fourth-order valence-corrected chi connectivity index (χ4v) is 2.54. The lowest BCUT2D eigenvalue weighted by molar-refractivity contribution is -0.137. The second kappa shape index (κ2) is 4.78. The zero-order valence-electron chi connectivity index (χ0n) is 8.96. The minimum atomic E-state index is -0.781. The fourth-order valence-electron chi connectivity index (χ4n) is 2.54. The van der Waals surface area contributed by atoms with Gasteiger partial charge in [0.15, 0.2) is 0 Å². The third-order valence-corrected chi connectivity index (χ3v) is 3.25. The highest BCUT2D eigenvalue weighted by molar-refractivity contribution is 5.67. The van der Waals surface area contributed by atoms with Crippen molar-refractivity contribution in [2.24, 2.45) is 11.1 Å². The molecule has 0 aromatic heterocycles. The summed E-state index contributed by atoms with van der Waals surface area (Å²) in [5.74, 6) is -0.781. The van der Waals surface area contributed by atoms with E-state index < -0.39 is 5.97 Å². The van der Waals surface area contributed by atoms with E-state index in [1.165, 1.54) is 32.1 Å². The molecular weight excluding hydrogens is 178 g/mol. The third kappa shape index (κ3) is 3.66. The molecule has 0 spiro atoms. The summed E-state index contributed by atoms with van der Waals surface area (Å²) in [5, 5.41) is 8.62. The monoisotopic (exact) mass is 199 g/mol. The number of aliphatic carboxylic acids is 1. The van der Waals surface area contributed by atoms with Crippen LogP contribution in [0, 0.1) is 5.41 Å². The molecule has 14 heavy (non-hydrogen) atoms. The molecule has 1 saturated carbocycles. The van der Waals surface area contributed by atoms with E-state index in [0.29, 0.717) is 5.41 Å². The van der Waals surface area contributed by atoms with Gasteiger partial charge < -0.3 is 10.8 Å². The third-order valence-electron chi connectivity index (χ3n) is 3.25. The minimum Gasteiger partial charge on any atom is -0.481 e. The number of carboxylic acid groups (broad SMARTS) is 1. The van der Waals surface area contributed by atoms with E-state index >= 15 is 0 Å². The number of carboxylic acids is 1. The molecule has 0 heterocycles. The summed E-state index contributed by atoms with van der Waals surface area (Å²) in [6, 6.07) is -0.171. The molecule has 1 unspecified atom stereocenters. The van der Waals surface area contributed by atoms with Crippen LogP contribution in [0.1, 0.15) is 51.9 Å². The maximum Gasteiger partial charge on any atom is 0.304 e. The molecule has 3 N–H and O–H groups in total. The maximum absolute atomic E-state index is 10.5. The van der Waals surface area contributed by atoms with Crippen LogP contribution in [0.15, 0.2) is 0 Å². The van der Waals surface area contributed by atoms with Crippen LogP contribution in [-0.4, -0.2) is 17.1 Å². The maximum atomic E-state index is 10.5. The van der Waals surface area contributed by atoms with Crippen molar-refractivity contribution in [3.63, 3.8) is 0 Å². The molecule has 1 aliphatic rings. The van der Waals surface area contributed by atoms with Gasteiger partial charge in [0, 0.05) is 6.04 Å². The van der Waals surface area contributed by atoms with Gasteiger partial charge in [-0.05, 0) is 24.7 Å². The summed E-state index contributed by atoms with van der Waals surface area (Å²) in [6.45, 7) is 2.24. The second-order valence-electron chi connectivity index (χ2n) is 4.93. The van der Waals surface area contributed by atoms with Crippen LogP contribution in [0.3, 0.4) is 0 Å². The lowest BCUT2D eigenvalue weighted by Crippen LogP contribution is -2.32. The van der Waals surface area contributed by atoms with Gasteiger partial charge in [-0.25, -0.2) is 0 Å². The summed E-state index contributed by atoms with van der Waals surface area (Å²) in [7, 11) is 0. The first kappa shape index (κ1) is 11.5. The van der Waals surface area contributed by atoms with Crippen LogP contribution in [0.25, 0.3) is 0 Å². The van der Waals surface area contributed by atoms with Crippen LogP contribution in [0.4, 0.5) is 0 Å². The topological polar surface area (TPSA) is 63.3 Å². The Balaban J connectivity index is 2.36. The van der Waals surface area contributed by atoms with Crippen molar-refractivity contribution >= 4 is 5.97 Å². The number of rotatable bonds is 4. The molecule has 0 aliphatic heterocycles. The molecule has 1 aliphatic carbocycles. The Hall–Kier alpha value is -0.570. The summed E-state index contributed by atoms with van der Waals surface area (Å²) in [5.41, 5.74) is 6.11. The van der Waals surface area contributed by atoms with Gasteiger partial charge in [-0.1, -0.05) is 26.2 Å². The van der Waals surface area contributed by atoms with Gasteiger partial charge in [0.05, 0.1) is 6.42 Å². The van der Waals surface area contributed by atoms with Gasteiger partial charge in [0.1, 0.15) is 0 Å². The Morgan fingerprint density at radius 2 is 2.00 bits per heavy atom. The van der Waals surface area contributed by atoms with E-state index in [9.17, 15) is 4.79 Å². The van der Waals surface area contributed by atoms with Crippen molar-refractivity contribution in [3.8, 4) is 0 Å².